The summed E-state index contributed by atoms with van der Waals surface area (Å²) >= 11 is 0. The monoisotopic (exact) mass is 191 g/mol. The topological polar surface area (TPSA) is 52.3 Å². The number of carbonyl (C=O) groups is 1. The molecule has 3 heteroatoms. The highest BCUT2D eigenvalue weighted by Gasteiger charge is 2.05. The second-order valence-corrected chi connectivity index (χ2v) is 2.75. The molecule has 0 heterocycles. The number of allylic oxidation sites excluding steroid dienone is 1. The van der Waals surface area contributed by atoms with Gasteiger partial charge in [0, 0.05) is 5.56 Å². The lowest BCUT2D eigenvalue weighted by Crippen LogP contribution is -2.00. The van der Waals surface area contributed by atoms with E-state index >= 15 is 0 Å². The SMILES string of the molecule is C=CC(=O)c1ccc(N)c(OCC)c1. The van der Waals surface area contributed by atoms with Gasteiger partial charge < -0.3 is 10.5 Å². The molecule has 0 unspecified atom stereocenters. The Bertz CT molecular complexity index is 358. The fraction of sp³-hybridized carbons (Fsp3) is 0.182. The third-order valence-electron chi connectivity index (χ3n) is 1.78. The smallest absolute Gasteiger partial charge is 0.185 e. The minimum absolute atomic E-state index is 0.133. The average molecular weight is 191 g/mol. The number of hydrogen-bond acceptors (Lipinski definition) is 3. The van der Waals surface area contributed by atoms with Gasteiger partial charge in [-0.1, -0.05) is 6.58 Å². The quantitative estimate of drug-likeness (QED) is 0.450. The van der Waals surface area contributed by atoms with Crippen LogP contribution in [0.5, 0.6) is 5.75 Å². The molecule has 0 aromatic heterocycles. The highest BCUT2D eigenvalue weighted by Crippen LogP contribution is 2.22. The first kappa shape index (κ1) is 10.3. The molecule has 0 saturated heterocycles. The van der Waals surface area contributed by atoms with Gasteiger partial charge in [0.25, 0.3) is 0 Å². The maximum Gasteiger partial charge on any atom is 0.185 e. The minimum atomic E-state index is -0.133. The van der Waals surface area contributed by atoms with E-state index in [-0.39, 0.29) is 5.78 Å². The van der Waals surface area contributed by atoms with Crippen LogP contribution in [0.15, 0.2) is 30.9 Å². The molecule has 14 heavy (non-hydrogen) atoms. The summed E-state index contributed by atoms with van der Waals surface area (Å²) in [6, 6.07) is 4.94. The van der Waals surface area contributed by atoms with Crippen molar-refractivity contribution in [3.8, 4) is 5.75 Å². The summed E-state index contributed by atoms with van der Waals surface area (Å²) in [6.07, 6.45) is 1.27. The van der Waals surface area contributed by atoms with E-state index in [2.05, 4.69) is 6.58 Å². The fourth-order valence-corrected chi connectivity index (χ4v) is 1.09. The highest BCUT2D eigenvalue weighted by molar-refractivity contribution is 6.04. The van der Waals surface area contributed by atoms with Crippen molar-refractivity contribution in [1.29, 1.82) is 0 Å². The number of benzene rings is 1. The van der Waals surface area contributed by atoms with Gasteiger partial charge in [0.1, 0.15) is 5.75 Å². The van der Waals surface area contributed by atoms with E-state index in [1.54, 1.807) is 18.2 Å². The second-order valence-electron chi connectivity index (χ2n) is 2.75. The molecule has 0 saturated carbocycles. The lowest BCUT2D eigenvalue weighted by Gasteiger charge is -2.07. The van der Waals surface area contributed by atoms with E-state index < -0.39 is 0 Å². The van der Waals surface area contributed by atoms with Crippen molar-refractivity contribution in [2.75, 3.05) is 12.3 Å². The summed E-state index contributed by atoms with van der Waals surface area (Å²) in [6.45, 7) is 5.80. The maximum atomic E-state index is 11.3. The van der Waals surface area contributed by atoms with Gasteiger partial charge in [-0.2, -0.15) is 0 Å². The third kappa shape index (κ3) is 2.13. The van der Waals surface area contributed by atoms with Crippen molar-refractivity contribution < 1.29 is 9.53 Å². The number of hydrogen-bond donors (Lipinski definition) is 1. The molecule has 0 spiro atoms. The Morgan fingerprint density at radius 2 is 2.36 bits per heavy atom. The lowest BCUT2D eigenvalue weighted by molar-refractivity contribution is 0.104. The van der Waals surface area contributed by atoms with Gasteiger partial charge in [-0.15, -0.1) is 0 Å². The molecule has 3 nitrogen and oxygen atoms in total. The largest absolute Gasteiger partial charge is 0.492 e. The van der Waals surface area contributed by atoms with Crippen molar-refractivity contribution in [3.63, 3.8) is 0 Å². The molecule has 0 aliphatic rings. The molecule has 0 fully saturated rings. The molecule has 1 aromatic carbocycles. The van der Waals surface area contributed by atoms with Crippen LogP contribution in [0, 0.1) is 0 Å². The number of nitrogen functional groups attached to an aromatic ring is 1. The molecule has 0 aliphatic heterocycles. The standard InChI is InChI=1S/C11H13NO2/c1-3-10(13)8-5-6-9(12)11(7-8)14-4-2/h3,5-7H,1,4,12H2,2H3. The van der Waals surface area contributed by atoms with Gasteiger partial charge in [0.05, 0.1) is 12.3 Å². The van der Waals surface area contributed by atoms with Crippen molar-refractivity contribution in [3.05, 3.63) is 36.4 Å². The van der Waals surface area contributed by atoms with Crippen LogP contribution in [-0.4, -0.2) is 12.4 Å². The molecule has 0 aliphatic carbocycles. The molecular formula is C11H13NO2. The van der Waals surface area contributed by atoms with Crippen LogP contribution in [0.1, 0.15) is 17.3 Å². The molecule has 74 valence electrons. The zero-order valence-corrected chi connectivity index (χ0v) is 8.12. The first-order chi connectivity index (χ1) is 6.69. The van der Waals surface area contributed by atoms with Crippen molar-refractivity contribution in [1.82, 2.24) is 0 Å². The average Bonchev–Trinajstić information content (AvgIpc) is 2.20. The normalized spacial score (nSPS) is 9.50. The zero-order chi connectivity index (χ0) is 10.6. The molecule has 0 atom stereocenters. The number of carbonyl (C=O) groups excluding carboxylic acids is 1. The Kier molecular flexibility index (Phi) is 3.29. The third-order valence-corrected chi connectivity index (χ3v) is 1.78. The van der Waals surface area contributed by atoms with Crippen LogP contribution in [0.2, 0.25) is 0 Å². The summed E-state index contributed by atoms with van der Waals surface area (Å²) in [7, 11) is 0. The Hall–Kier alpha value is -1.77. The Morgan fingerprint density at radius 1 is 1.64 bits per heavy atom. The number of anilines is 1. The van der Waals surface area contributed by atoms with Crippen LogP contribution in [0.3, 0.4) is 0 Å². The molecule has 0 amide bonds. The summed E-state index contributed by atoms with van der Waals surface area (Å²) in [5.41, 5.74) is 6.73. The van der Waals surface area contributed by atoms with Crippen molar-refractivity contribution >= 4 is 11.5 Å². The van der Waals surface area contributed by atoms with Crippen LogP contribution in [0.4, 0.5) is 5.69 Å². The van der Waals surface area contributed by atoms with E-state index in [1.165, 1.54) is 6.08 Å². The van der Waals surface area contributed by atoms with Gasteiger partial charge in [-0.25, -0.2) is 0 Å². The van der Waals surface area contributed by atoms with Crippen LogP contribution < -0.4 is 10.5 Å². The number of ketones is 1. The predicted octanol–water partition coefficient (Wildman–Crippen LogP) is 2.04. The molecule has 1 aromatic rings. The number of nitrogens with two attached hydrogens (primary N) is 1. The van der Waals surface area contributed by atoms with Gasteiger partial charge in [-0.05, 0) is 31.2 Å². The fourth-order valence-electron chi connectivity index (χ4n) is 1.09. The molecule has 2 N–H and O–H groups in total. The zero-order valence-electron chi connectivity index (χ0n) is 8.12. The second kappa shape index (κ2) is 4.46. The van der Waals surface area contributed by atoms with Gasteiger partial charge >= 0.3 is 0 Å². The summed E-state index contributed by atoms with van der Waals surface area (Å²) < 4.78 is 5.26. The van der Waals surface area contributed by atoms with E-state index in [0.29, 0.717) is 23.6 Å². The Balaban J connectivity index is 3.05. The molecule has 1 rings (SSSR count). The predicted molar refractivity (Wildman–Crippen MR) is 56.6 cm³/mol. The van der Waals surface area contributed by atoms with E-state index in [0.717, 1.165) is 0 Å². The maximum absolute atomic E-state index is 11.3. The van der Waals surface area contributed by atoms with Gasteiger partial charge in [0.2, 0.25) is 0 Å². The van der Waals surface area contributed by atoms with E-state index in [4.69, 9.17) is 10.5 Å². The first-order valence-electron chi connectivity index (χ1n) is 4.38. The minimum Gasteiger partial charge on any atom is -0.492 e. The first-order valence-corrected chi connectivity index (χ1v) is 4.38. The Morgan fingerprint density at radius 3 is 2.93 bits per heavy atom. The molecular weight excluding hydrogens is 178 g/mol. The van der Waals surface area contributed by atoms with Crippen LogP contribution in [0.25, 0.3) is 0 Å². The molecule has 0 bridgehead atoms. The number of rotatable bonds is 4. The number of ether oxygens (including phenoxy) is 1. The van der Waals surface area contributed by atoms with Gasteiger partial charge in [0.15, 0.2) is 5.78 Å². The Labute approximate surface area is 83.2 Å². The van der Waals surface area contributed by atoms with Crippen LogP contribution in [-0.2, 0) is 0 Å². The van der Waals surface area contributed by atoms with Crippen LogP contribution >= 0.6 is 0 Å². The van der Waals surface area contributed by atoms with E-state index in [1.807, 2.05) is 6.92 Å². The highest BCUT2D eigenvalue weighted by atomic mass is 16.5. The summed E-state index contributed by atoms with van der Waals surface area (Å²) in [4.78, 5) is 11.3. The molecule has 0 radical (unpaired) electrons. The summed E-state index contributed by atoms with van der Waals surface area (Å²) in [5.74, 6) is 0.408. The van der Waals surface area contributed by atoms with Gasteiger partial charge in [-0.3, -0.25) is 4.79 Å². The lowest BCUT2D eigenvalue weighted by atomic mass is 10.1. The van der Waals surface area contributed by atoms with E-state index in [9.17, 15) is 4.79 Å². The van der Waals surface area contributed by atoms with Crippen molar-refractivity contribution in [2.24, 2.45) is 0 Å². The summed E-state index contributed by atoms with van der Waals surface area (Å²) in [5, 5.41) is 0. The van der Waals surface area contributed by atoms with Crippen molar-refractivity contribution in [2.45, 2.75) is 6.92 Å².